The molecule has 0 aromatic heterocycles. The summed E-state index contributed by atoms with van der Waals surface area (Å²) in [6.45, 7) is 8.20. The molecule has 2 rings (SSSR count). The Morgan fingerprint density at radius 2 is 1.85 bits per heavy atom. The zero-order chi connectivity index (χ0) is 19.5. The lowest BCUT2D eigenvalue weighted by molar-refractivity contribution is 0.0838. The summed E-state index contributed by atoms with van der Waals surface area (Å²) in [6, 6.07) is 9.44. The third-order valence-electron chi connectivity index (χ3n) is 4.20. The molecule has 2 unspecified atom stereocenters. The third kappa shape index (κ3) is 5.01. The van der Waals surface area contributed by atoms with Gasteiger partial charge in [-0.05, 0) is 30.5 Å². The van der Waals surface area contributed by atoms with E-state index < -0.39 is 26.3 Å². The Hall–Kier alpha value is -2.48. The highest BCUT2D eigenvalue weighted by Gasteiger charge is 2.52. The average Bonchev–Trinajstić information content (AvgIpc) is 3.25. The molecule has 0 spiro atoms. The van der Waals surface area contributed by atoms with E-state index in [1.54, 1.807) is 0 Å². The summed E-state index contributed by atoms with van der Waals surface area (Å²) >= 11 is 0. The number of hydrogen-bond acceptors (Lipinski definition) is 3. The van der Waals surface area contributed by atoms with Crippen LogP contribution in [-0.4, -0.2) is 47.6 Å². The molecular formula is C18H26N2O5Si. The van der Waals surface area contributed by atoms with Gasteiger partial charge in [0.15, 0.2) is 0 Å². The minimum absolute atomic E-state index is 0.0953. The van der Waals surface area contributed by atoms with Crippen LogP contribution in [0.3, 0.4) is 0 Å². The number of carboxylic acid groups (broad SMARTS) is 2. The van der Waals surface area contributed by atoms with Crippen LogP contribution < -0.4 is 5.43 Å². The van der Waals surface area contributed by atoms with Gasteiger partial charge in [0.25, 0.3) is 0 Å². The first kappa shape index (κ1) is 19.8. The molecule has 26 heavy (non-hydrogen) atoms. The Morgan fingerprint density at radius 3 is 2.35 bits per heavy atom. The van der Waals surface area contributed by atoms with Crippen LogP contribution in [0, 0.1) is 0 Å². The maximum Gasteiger partial charge on any atom is 0.427 e. The second-order valence-corrected chi connectivity index (χ2v) is 12.5. The summed E-state index contributed by atoms with van der Waals surface area (Å²) < 4.78 is 6.02. The minimum Gasteiger partial charge on any atom is -0.493 e. The highest BCUT2D eigenvalue weighted by molar-refractivity contribution is 6.84. The first-order chi connectivity index (χ1) is 12.1. The zero-order valence-corrected chi connectivity index (χ0v) is 16.5. The lowest BCUT2D eigenvalue weighted by Crippen LogP contribution is -2.49. The first-order valence-electron chi connectivity index (χ1n) is 8.58. The molecule has 7 nitrogen and oxygen atoms in total. The van der Waals surface area contributed by atoms with Gasteiger partial charge >= 0.3 is 12.2 Å². The second-order valence-electron chi connectivity index (χ2n) is 7.45. The van der Waals surface area contributed by atoms with Crippen LogP contribution in [0.2, 0.25) is 19.6 Å². The number of nitrogens with zero attached hydrogens (tertiary/aromatic N) is 1. The van der Waals surface area contributed by atoms with E-state index in [4.69, 9.17) is 9.84 Å². The molecule has 0 bridgehead atoms. The molecular weight excluding hydrogens is 352 g/mol. The van der Waals surface area contributed by atoms with Gasteiger partial charge < -0.3 is 14.9 Å². The molecule has 0 heterocycles. The smallest absolute Gasteiger partial charge is 0.427 e. The van der Waals surface area contributed by atoms with Crippen molar-refractivity contribution in [1.29, 1.82) is 0 Å². The number of benzene rings is 1. The second kappa shape index (κ2) is 7.82. The van der Waals surface area contributed by atoms with E-state index in [0.717, 1.165) is 23.0 Å². The quantitative estimate of drug-likeness (QED) is 0.496. The van der Waals surface area contributed by atoms with Crippen LogP contribution in [0.15, 0.2) is 41.3 Å². The molecule has 0 saturated heterocycles. The lowest BCUT2D eigenvalue weighted by Gasteiger charge is -2.22. The number of hydrazine groups is 1. The predicted octanol–water partition coefficient (Wildman–Crippen LogP) is 3.70. The molecule has 2 atom stereocenters. The van der Waals surface area contributed by atoms with Crippen molar-refractivity contribution in [2.75, 3.05) is 0 Å². The van der Waals surface area contributed by atoms with Gasteiger partial charge in [-0.3, -0.25) is 0 Å². The molecule has 0 radical (unpaired) electrons. The van der Waals surface area contributed by atoms with Gasteiger partial charge in [0, 0.05) is 0 Å². The predicted molar refractivity (Wildman–Crippen MR) is 100 cm³/mol. The number of ether oxygens (including phenoxy) is 1. The first-order valence-corrected chi connectivity index (χ1v) is 12.1. The van der Waals surface area contributed by atoms with Gasteiger partial charge in [-0.2, -0.15) is 0 Å². The van der Waals surface area contributed by atoms with Crippen molar-refractivity contribution in [2.45, 2.75) is 51.6 Å². The molecule has 0 fully saturated rings. The Balaban J connectivity index is 2.04. The normalized spacial score (nSPS) is 17.5. The Labute approximate surface area is 154 Å². The number of aryl methyl sites for hydroxylation is 1. The zero-order valence-electron chi connectivity index (χ0n) is 15.5. The number of amides is 2. The summed E-state index contributed by atoms with van der Waals surface area (Å²) in [5.41, 5.74) is 3.17. The van der Waals surface area contributed by atoms with Crippen molar-refractivity contribution in [3.8, 4) is 0 Å². The number of carbonyl (C=O) groups is 2. The largest absolute Gasteiger partial charge is 0.493 e. The monoisotopic (exact) mass is 378 g/mol. The van der Waals surface area contributed by atoms with Crippen LogP contribution in [0.1, 0.15) is 18.9 Å². The van der Waals surface area contributed by atoms with E-state index in [0.29, 0.717) is 5.76 Å². The molecule has 2 amide bonds. The van der Waals surface area contributed by atoms with Crippen molar-refractivity contribution in [3.05, 3.63) is 46.9 Å². The number of rotatable bonds is 7. The van der Waals surface area contributed by atoms with Crippen molar-refractivity contribution >= 4 is 20.3 Å². The van der Waals surface area contributed by atoms with Gasteiger partial charge in [-0.25, -0.2) is 20.0 Å². The summed E-state index contributed by atoms with van der Waals surface area (Å²) in [5, 5.41) is 19.9. The summed E-state index contributed by atoms with van der Waals surface area (Å²) in [7, 11) is -1.85. The number of nitrogens with one attached hydrogen (secondary N) is 1. The molecule has 142 valence electrons. The fraction of sp³-hybridized carbons (Fsp3) is 0.444. The Morgan fingerprint density at radius 1 is 1.23 bits per heavy atom. The Bertz CT molecular complexity index is 699. The van der Waals surface area contributed by atoms with Crippen molar-refractivity contribution < 1.29 is 24.5 Å². The molecule has 0 saturated carbocycles. The molecule has 1 aliphatic carbocycles. The molecule has 3 N–H and O–H groups in total. The van der Waals surface area contributed by atoms with E-state index in [-0.39, 0.29) is 6.10 Å². The third-order valence-corrected chi connectivity index (χ3v) is 6.34. The molecule has 1 aromatic carbocycles. The van der Waals surface area contributed by atoms with Gasteiger partial charge in [-0.15, -0.1) is 0 Å². The highest BCUT2D eigenvalue weighted by Crippen LogP contribution is 2.44. The standard InChI is InChI=1S/C18H26N2O5Si/c1-12(10-11-13-8-6-5-7-9-13)25-15-14(16(15)26(2,3)4)20(18(23)24)19-17(21)22/h5-9,12,14,19H,10-11H2,1-4H3,(H,21,22)(H,23,24). The average molecular weight is 379 g/mol. The topological polar surface area (TPSA) is 99.1 Å². The summed E-state index contributed by atoms with van der Waals surface area (Å²) in [5.74, 6) is 0.598. The summed E-state index contributed by atoms with van der Waals surface area (Å²) in [4.78, 5) is 22.4. The Kier molecular flexibility index (Phi) is 5.96. The minimum atomic E-state index is -1.85. The molecule has 0 aliphatic heterocycles. The maximum absolute atomic E-state index is 11.5. The van der Waals surface area contributed by atoms with E-state index in [1.165, 1.54) is 5.56 Å². The number of hydrogen-bond donors (Lipinski definition) is 3. The SMILES string of the molecule is CC(CCc1ccccc1)OC1=C([Si](C)(C)C)C1N(NC(=O)O)C(=O)O. The highest BCUT2D eigenvalue weighted by atomic mass is 28.3. The molecule has 1 aliphatic rings. The van der Waals surface area contributed by atoms with Gasteiger partial charge in [-0.1, -0.05) is 50.0 Å². The van der Waals surface area contributed by atoms with E-state index in [9.17, 15) is 14.7 Å². The van der Waals surface area contributed by atoms with Crippen LogP contribution in [0.25, 0.3) is 0 Å². The maximum atomic E-state index is 11.5. The van der Waals surface area contributed by atoms with Gasteiger partial charge in [0.2, 0.25) is 0 Å². The van der Waals surface area contributed by atoms with E-state index in [1.807, 2.05) is 30.5 Å². The molecule has 8 heteroatoms. The van der Waals surface area contributed by atoms with Crippen LogP contribution in [0.4, 0.5) is 9.59 Å². The van der Waals surface area contributed by atoms with Crippen LogP contribution >= 0.6 is 0 Å². The van der Waals surface area contributed by atoms with E-state index in [2.05, 4.69) is 31.8 Å². The van der Waals surface area contributed by atoms with Gasteiger partial charge in [0.1, 0.15) is 11.8 Å². The summed E-state index contributed by atoms with van der Waals surface area (Å²) in [6.07, 6.45) is -1.20. The van der Waals surface area contributed by atoms with Crippen molar-refractivity contribution in [3.63, 3.8) is 0 Å². The van der Waals surface area contributed by atoms with Crippen LogP contribution in [0.5, 0.6) is 0 Å². The fourth-order valence-electron chi connectivity index (χ4n) is 2.96. The van der Waals surface area contributed by atoms with E-state index >= 15 is 0 Å². The fourth-order valence-corrected chi connectivity index (χ4v) is 4.90. The van der Waals surface area contributed by atoms with Crippen molar-refractivity contribution in [1.82, 2.24) is 10.4 Å². The van der Waals surface area contributed by atoms with Crippen molar-refractivity contribution in [2.24, 2.45) is 0 Å². The van der Waals surface area contributed by atoms with Crippen LogP contribution in [-0.2, 0) is 11.2 Å². The molecule has 1 aromatic rings. The lowest BCUT2D eigenvalue weighted by atomic mass is 10.1. The van der Waals surface area contributed by atoms with Gasteiger partial charge in [0.05, 0.1) is 14.2 Å².